The molecule has 29 heavy (non-hydrogen) atoms. The summed E-state index contributed by atoms with van der Waals surface area (Å²) in [7, 11) is 0. The van der Waals surface area contributed by atoms with E-state index in [9.17, 15) is 14.4 Å². The fourth-order valence-electron chi connectivity index (χ4n) is 3.04. The van der Waals surface area contributed by atoms with Gasteiger partial charge in [-0.2, -0.15) is 0 Å². The quantitative estimate of drug-likeness (QED) is 0.426. The molecule has 3 N–H and O–H groups in total. The van der Waals surface area contributed by atoms with Crippen molar-refractivity contribution >= 4 is 28.9 Å². The summed E-state index contributed by atoms with van der Waals surface area (Å²) in [6, 6.07) is 17.5. The van der Waals surface area contributed by atoms with Gasteiger partial charge in [0.15, 0.2) is 0 Å². The third-order valence-electron chi connectivity index (χ3n) is 4.50. The maximum absolute atomic E-state index is 12.9. The Morgan fingerprint density at radius 1 is 1.07 bits per heavy atom. The van der Waals surface area contributed by atoms with Gasteiger partial charge in [-0.15, -0.1) is 0 Å². The topological polar surface area (TPSA) is 111 Å². The number of aromatic nitrogens is 1. The molecule has 7 nitrogen and oxygen atoms in total. The van der Waals surface area contributed by atoms with Gasteiger partial charge >= 0.3 is 5.97 Å². The van der Waals surface area contributed by atoms with Gasteiger partial charge in [0.05, 0.1) is 0 Å². The van der Waals surface area contributed by atoms with E-state index < -0.39 is 23.8 Å². The molecule has 1 amide bonds. The number of pyridine rings is 1. The fourth-order valence-corrected chi connectivity index (χ4v) is 3.04. The highest BCUT2D eigenvalue weighted by molar-refractivity contribution is 5.91. The standard InChI is InChI=1S/C22H21N3O4/c23-19(27)12-17(14-26)20(25-13-15-6-2-1-3-7-15)22(28)29-21-18-9-5-4-8-16(18)10-11-24-21/h1-11,14,17,20,25H,12-13H2,(H2,23,27)/t17?,20-/m0/s1. The summed E-state index contributed by atoms with van der Waals surface area (Å²) in [6.07, 6.45) is 1.82. The van der Waals surface area contributed by atoms with E-state index in [1.807, 2.05) is 48.5 Å². The number of rotatable bonds is 9. The average molecular weight is 391 g/mol. The molecule has 1 unspecified atom stereocenters. The first kappa shape index (κ1) is 20.2. The van der Waals surface area contributed by atoms with Gasteiger partial charge in [0, 0.05) is 30.5 Å². The number of nitrogens with two attached hydrogens (primary N) is 1. The molecule has 0 fully saturated rings. The summed E-state index contributed by atoms with van der Waals surface area (Å²) in [5, 5.41) is 4.55. The number of ether oxygens (including phenoxy) is 1. The molecule has 2 aromatic carbocycles. The van der Waals surface area contributed by atoms with E-state index in [-0.39, 0.29) is 12.3 Å². The van der Waals surface area contributed by atoms with Crippen molar-refractivity contribution in [3.63, 3.8) is 0 Å². The highest BCUT2D eigenvalue weighted by Gasteiger charge is 2.31. The summed E-state index contributed by atoms with van der Waals surface area (Å²) >= 11 is 0. The number of carbonyl (C=O) groups is 3. The van der Waals surface area contributed by atoms with Crippen LogP contribution >= 0.6 is 0 Å². The molecule has 1 heterocycles. The molecule has 0 radical (unpaired) electrons. The average Bonchev–Trinajstić information content (AvgIpc) is 2.73. The first-order chi connectivity index (χ1) is 14.1. The van der Waals surface area contributed by atoms with E-state index in [0.29, 0.717) is 18.2 Å². The Labute approximate surface area is 167 Å². The van der Waals surface area contributed by atoms with Crippen LogP contribution < -0.4 is 15.8 Å². The second-order valence-corrected chi connectivity index (χ2v) is 6.57. The number of fused-ring (bicyclic) bond motifs is 1. The van der Waals surface area contributed by atoms with Gasteiger partial charge in [-0.3, -0.25) is 10.1 Å². The molecule has 7 heteroatoms. The molecule has 0 aliphatic rings. The lowest BCUT2D eigenvalue weighted by molar-refractivity contribution is -0.140. The van der Waals surface area contributed by atoms with Crippen molar-refractivity contribution in [2.24, 2.45) is 11.7 Å². The predicted octanol–water partition coefficient (Wildman–Crippen LogP) is 1.99. The number of hydrogen-bond donors (Lipinski definition) is 2. The number of hydrogen-bond acceptors (Lipinski definition) is 6. The molecule has 0 bridgehead atoms. The molecule has 0 spiro atoms. The summed E-state index contributed by atoms with van der Waals surface area (Å²) in [6.45, 7) is 0.312. The highest BCUT2D eigenvalue weighted by atomic mass is 16.5. The maximum atomic E-state index is 12.9. The van der Waals surface area contributed by atoms with Crippen LogP contribution in [0, 0.1) is 5.92 Å². The van der Waals surface area contributed by atoms with Crippen molar-refractivity contribution < 1.29 is 19.1 Å². The Morgan fingerprint density at radius 2 is 1.79 bits per heavy atom. The van der Waals surface area contributed by atoms with Gasteiger partial charge in [0.25, 0.3) is 0 Å². The van der Waals surface area contributed by atoms with Crippen LogP contribution in [0.1, 0.15) is 12.0 Å². The molecule has 0 saturated heterocycles. The number of esters is 1. The fraction of sp³-hybridized carbons (Fsp3) is 0.182. The number of nitrogens with one attached hydrogen (secondary N) is 1. The first-order valence-electron chi connectivity index (χ1n) is 9.15. The molecule has 3 rings (SSSR count). The van der Waals surface area contributed by atoms with Crippen molar-refractivity contribution in [2.45, 2.75) is 19.0 Å². The van der Waals surface area contributed by atoms with Crippen LogP contribution in [0.3, 0.4) is 0 Å². The van der Waals surface area contributed by atoms with Crippen LogP contribution in [0.4, 0.5) is 0 Å². The zero-order chi connectivity index (χ0) is 20.6. The van der Waals surface area contributed by atoms with Gasteiger partial charge in [-0.05, 0) is 23.1 Å². The number of amides is 1. The summed E-state index contributed by atoms with van der Waals surface area (Å²) in [5.41, 5.74) is 6.17. The summed E-state index contributed by atoms with van der Waals surface area (Å²) in [4.78, 5) is 40.0. The van der Waals surface area contributed by atoms with Crippen LogP contribution in [-0.4, -0.2) is 29.2 Å². The molecule has 3 aromatic rings. The van der Waals surface area contributed by atoms with Gasteiger partial charge in [0.1, 0.15) is 12.3 Å². The number of aldehydes is 1. The second kappa shape index (κ2) is 9.57. The Kier molecular flexibility index (Phi) is 6.65. The van der Waals surface area contributed by atoms with E-state index in [1.165, 1.54) is 6.20 Å². The van der Waals surface area contributed by atoms with Crippen LogP contribution in [0.5, 0.6) is 5.88 Å². The van der Waals surface area contributed by atoms with E-state index >= 15 is 0 Å². The third-order valence-corrected chi connectivity index (χ3v) is 4.50. The van der Waals surface area contributed by atoms with E-state index in [4.69, 9.17) is 10.5 Å². The lowest BCUT2D eigenvalue weighted by Crippen LogP contribution is -2.46. The zero-order valence-corrected chi connectivity index (χ0v) is 15.7. The Bertz CT molecular complexity index is 1000. The molecule has 0 aliphatic heterocycles. The maximum Gasteiger partial charge on any atom is 0.330 e. The SMILES string of the molecule is NC(=O)CC(C=O)[C@H](NCc1ccccc1)C(=O)Oc1nccc2ccccc12. The van der Waals surface area contributed by atoms with Crippen molar-refractivity contribution in [2.75, 3.05) is 0 Å². The van der Waals surface area contributed by atoms with E-state index in [0.717, 1.165) is 10.9 Å². The van der Waals surface area contributed by atoms with E-state index in [1.54, 1.807) is 12.1 Å². The Hall–Kier alpha value is -3.58. The van der Waals surface area contributed by atoms with Crippen LogP contribution in [0.2, 0.25) is 0 Å². The van der Waals surface area contributed by atoms with Crippen LogP contribution in [0.15, 0.2) is 66.9 Å². The third kappa shape index (κ3) is 5.24. The highest BCUT2D eigenvalue weighted by Crippen LogP contribution is 2.23. The van der Waals surface area contributed by atoms with Crippen molar-refractivity contribution in [3.8, 4) is 5.88 Å². The van der Waals surface area contributed by atoms with Gasteiger partial charge in [-0.1, -0.05) is 48.5 Å². The monoisotopic (exact) mass is 391 g/mol. The molecular weight excluding hydrogens is 370 g/mol. The first-order valence-corrected chi connectivity index (χ1v) is 9.15. The van der Waals surface area contributed by atoms with Crippen LogP contribution in [0.25, 0.3) is 10.8 Å². The second-order valence-electron chi connectivity index (χ2n) is 6.57. The molecular formula is C22H21N3O4. The summed E-state index contributed by atoms with van der Waals surface area (Å²) in [5.74, 6) is -2.20. The van der Waals surface area contributed by atoms with Gasteiger partial charge in [-0.25, -0.2) is 9.78 Å². The molecule has 0 saturated carbocycles. The van der Waals surface area contributed by atoms with Crippen molar-refractivity contribution in [1.29, 1.82) is 0 Å². The lowest BCUT2D eigenvalue weighted by atomic mass is 9.97. The number of carbonyl (C=O) groups excluding carboxylic acids is 3. The smallest absolute Gasteiger partial charge is 0.330 e. The number of primary amides is 1. The van der Waals surface area contributed by atoms with E-state index in [2.05, 4.69) is 10.3 Å². The minimum absolute atomic E-state index is 0.142. The van der Waals surface area contributed by atoms with Gasteiger partial charge < -0.3 is 15.3 Å². The molecule has 1 aromatic heterocycles. The predicted molar refractivity (Wildman–Crippen MR) is 108 cm³/mol. The minimum atomic E-state index is -1.05. The largest absolute Gasteiger partial charge is 0.406 e. The van der Waals surface area contributed by atoms with Crippen LogP contribution in [-0.2, 0) is 20.9 Å². The lowest BCUT2D eigenvalue weighted by Gasteiger charge is -2.22. The molecule has 0 aliphatic carbocycles. The summed E-state index contributed by atoms with van der Waals surface area (Å²) < 4.78 is 5.52. The Morgan fingerprint density at radius 3 is 2.52 bits per heavy atom. The molecule has 148 valence electrons. The molecule has 2 atom stereocenters. The normalized spacial score (nSPS) is 12.8. The minimum Gasteiger partial charge on any atom is -0.406 e. The van der Waals surface area contributed by atoms with Gasteiger partial charge in [0.2, 0.25) is 11.8 Å². The number of benzene rings is 2. The van der Waals surface area contributed by atoms with Crippen molar-refractivity contribution in [3.05, 3.63) is 72.4 Å². The number of nitrogens with zero attached hydrogens (tertiary/aromatic N) is 1. The Balaban J connectivity index is 1.84. The van der Waals surface area contributed by atoms with Crippen molar-refractivity contribution in [1.82, 2.24) is 10.3 Å². The zero-order valence-electron chi connectivity index (χ0n) is 15.7.